The van der Waals surface area contributed by atoms with Gasteiger partial charge in [0.15, 0.2) is 0 Å². The maximum atomic E-state index is 6.65. The van der Waals surface area contributed by atoms with Gasteiger partial charge in [-0.2, -0.15) is 0 Å². The van der Waals surface area contributed by atoms with Gasteiger partial charge in [0.2, 0.25) is 0 Å². The SMILES string of the molecule is COc1ccc2c(c1)OC1(CCNCC1)CC2c1cccc(-c2ccccc2)c1. The minimum Gasteiger partial charge on any atom is -0.497 e. The van der Waals surface area contributed by atoms with Crippen LogP contribution < -0.4 is 14.8 Å². The van der Waals surface area contributed by atoms with E-state index in [2.05, 4.69) is 78.1 Å². The van der Waals surface area contributed by atoms with Crippen molar-refractivity contribution >= 4 is 0 Å². The Morgan fingerprint density at radius 3 is 2.48 bits per heavy atom. The zero-order valence-corrected chi connectivity index (χ0v) is 16.9. The van der Waals surface area contributed by atoms with E-state index >= 15 is 0 Å². The average molecular weight is 386 g/mol. The lowest BCUT2D eigenvalue weighted by molar-refractivity contribution is 0.0112. The summed E-state index contributed by atoms with van der Waals surface area (Å²) < 4.78 is 12.1. The van der Waals surface area contributed by atoms with Gasteiger partial charge >= 0.3 is 0 Å². The molecule has 2 heterocycles. The summed E-state index contributed by atoms with van der Waals surface area (Å²) in [6.45, 7) is 2.02. The van der Waals surface area contributed by atoms with E-state index in [1.165, 1.54) is 22.3 Å². The lowest BCUT2D eigenvalue weighted by Gasteiger charge is -2.45. The van der Waals surface area contributed by atoms with Gasteiger partial charge in [0, 0.05) is 17.5 Å². The fourth-order valence-electron chi connectivity index (χ4n) is 4.83. The van der Waals surface area contributed by atoms with Crippen molar-refractivity contribution in [2.45, 2.75) is 30.8 Å². The van der Waals surface area contributed by atoms with Gasteiger partial charge in [0.25, 0.3) is 0 Å². The van der Waals surface area contributed by atoms with E-state index in [4.69, 9.17) is 9.47 Å². The van der Waals surface area contributed by atoms with Crippen LogP contribution in [-0.2, 0) is 0 Å². The molecule has 3 aromatic carbocycles. The van der Waals surface area contributed by atoms with Crippen molar-refractivity contribution in [3.05, 3.63) is 83.9 Å². The summed E-state index contributed by atoms with van der Waals surface area (Å²) in [4.78, 5) is 0. The third kappa shape index (κ3) is 3.51. The van der Waals surface area contributed by atoms with Crippen molar-refractivity contribution in [3.63, 3.8) is 0 Å². The van der Waals surface area contributed by atoms with Gasteiger partial charge in [-0.25, -0.2) is 0 Å². The first-order valence-corrected chi connectivity index (χ1v) is 10.5. The molecule has 3 heteroatoms. The van der Waals surface area contributed by atoms with E-state index in [0.29, 0.717) is 5.92 Å². The molecule has 0 bridgehead atoms. The largest absolute Gasteiger partial charge is 0.497 e. The Hall–Kier alpha value is -2.78. The molecule has 2 aliphatic rings. The van der Waals surface area contributed by atoms with Crippen LogP contribution in [0.25, 0.3) is 11.1 Å². The highest BCUT2D eigenvalue weighted by atomic mass is 16.5. The van der Waals surface area contributed by atoms with E-state index in [9.17, 15) is 0 Å². The van der Waals surface area contributed by atoms with Gasteiger partial charge in [0.05, 0.1) is 7.11 Å². The normalized spacial score (nSPS) is 20.0. The van der Waals surface area contributed by atoms with E-state index < -0.39 is 0 Å². The Morgan fingerprint density at radius 1 is 0.897 bits per heavy atom. The number of piperidine rings is 1. The fourth-order valence-corrected chi connectivity index (χ4v) is 4.83. The number of benzene rings is 3. The molecule has 0 amide bonds. The van der Waals surface area contributed by atoms with Crippen LogP contribution in [0.4, 0.5) is 0 Å². The number of nitrogens with one attached hydrogen (secondary N) is 1. The summed E-state index contributed by atoms with van der Waals surface area (Å²) in [5.74, 6) is 2.16. The third-order valence-electron chi connectivity index (χ3n) is 6.41. The standard InChI is InChI=1S/C26H27NO2/c1-28-22-10-11-23-24(18-26(29-25(23)17-22)12-14-27-15-13-26)21-9-5-8-20(16-21)19-6-3-2-4-7-19/h2-11,16-17,24,27H,12-15,18H2,1H3. The molecule has 1 spiro atoms. The van der Waals surface area contributed by atoms with Crippen molar-refractivity contribution in [1.82, 2.24) is 5.32 Å². The molecule has 1 saturated heterocycles. The van der Waals surface area contributed by atoms with Crippen molar-refractivity contribution in [2.24, 2.45) is 0 Å². The smallest absolute Gasteiger partial charge is 0.127 e. The second-order valence-corrected chi connectivity index (χ2v) is 8.19. The molecule has 29 heavy (non-hydrogen) atoms. The molecule has 0 saturated carbocycles. The summed E-state index contributed by atoms with van der Waals surface area (Å²) in [6.07, 6.45) is 3.10. The molecule has 148 valence electrons. The highest BCUT2D eigenvalue weighted by Gasteiger charge is 2.42. The van der Waals surface area contributed by atoms with E-state index in [0.717, 1.165) is 43.9 Å². The topological polar surface area (TPSA) is 30.5 Å². The Bertz CT molecular complexity index is 993. The summed E-state index contributed by atoms with van der Waals surface area (Å²) in [6, 6.07) is 25.9. The monoisotopic (exact) mass is 385 g/mol. The van der Waals surface area contributed by atoms with Gasteiger partial charge in [-0.05, 0) is 55.1 Å². The van der Waals surface area contributed by atoms with Crippen molar-refractivity contribution < 1.29 is 9.47 Å². The summed E-state index contributed by atoms with van der Waals surface area (Å²) in [5.41, 5.74) is 5.05. The number of methoxy groups -OCH3 is 1. The molecule has 0 aromatic heterocycles. The Kier molecular flexibility index (Phi) is 4.76. The minimum atomic E-state index is -0.0992. The summed E-state index contributed by atoms with van der Waals surface area (Å²) >= 11 is 0. The molecule has 0 aliphatic carbocycles. The van der Waals surface area contributed by atoms with Crippen LogP contribution in [0.1, 0.15) is 36.3 Å². The number of ether oxygens (including phenoxy) is 2. The molecule has 5 rings (SSSR count). The lowest BCUT2D eigenvalue weighted by atomic mass is 9.74. The maximum absolute atomic E-state index is 6.65. The van der Waals surface area contributed by atoms with E-state index in [1.807, 2.05) is 0 Å². The minimum absolute atomic E-state index is 0.0992. The zero-order chi connectivity index (χ0) is 19.7. The van der Waals surface area contributed by atoms with Crippen molar-refractivity contribution in [2.75, 3.05) is 20.2 Å². The van der Waals surface area contributed by atoms with Gasteiger partial charge in [-0.15, -0.1) is 0 Å². The third-order valence-corrected chi connectivity index (χ3v) is 6.41. The van der Waals surface area contributed by atoms with Crippen LogP contribution in [0.3, 0.4) is 0 Å². The first-order valence-electron chi connectivity index (χ1n) is 10.5. The average Bonchev–Trinajstić information content (AvgIpc) is 2.79. The molecule has 3 nitrogen and oxygen atoms in total. The number of hydrogen-bond donors (Lipinski definition) is 1. The molecule has 2 aliphatic heterocycles. The van der Waals surface area contributed by atoms with Gasteiger partial charge in [0.1, 0.15) is 17.1 Å². The molecule has 1 fully saturated rings. The van der Waals surface area contributed by atoms with Crippen molar-refractivity contribution in [1.29, 1.82) is 0 Å². The number of hydrogen-bond acceptors (Lipinski definition) is 3. The van der Waals surface area contributed by atoms with E-state index in [-0.39, 0.29) is 5.60 Å². The predicted octanol–water partition coefficient (Wildman–Crippen LogP) is 5.40. The maximum Gasteiger partial charge on any atom is 0.127 e. The van der Waals surface area contributed by atoms with Crippen LogP contribution in [0.5, 0.6) is 11.5 Å². The molecule has 3 aromatic rings. The van der Waals surface area contributed by atoms with Crippen LogP contribution in [0.15, 0.2) is 72.8 Å². The molecule has 1 N–H and O–H groups in total. The molecular formula is C26H27NO2. The Morgan fingerprint density at radius 2 is 1.69 bits per heavy atom. The summed E-state index contributed by atoms with van der Waals surface area (Å²) in [7, 11) is 1.71. The zero-order valence-electron chi connectivity index (χ0n) is 16.9. The van der Waals surface area contributed by atoms with Gasteiger partial charge in [-0.1, -0.05) is 60.7 Å². The quantitative estimate of drug-likeness (QED) is 0.655. The number of rotatable bonds is 3. The highest BCUT2D eigenvalue weighted by molar-refractivity contribution is 5.65. The summed E-state index contributed by atoms with van der Waals surface area (Å²) in [5, 5.41) is 3.48. The number of fused-ring (bicyclic) bond motifs is 1. The van der Waals surface area contributed by atoms with Crippen LogP contribution in [-0.4, -0.2) is 25.8 Å². The van der Waals surface area contributed by atoms with Crippen LogP contribution in [0.2, 0.25) is 0 Å². The van der Waals surface area contributed by atoms with Crippen LogP contribution in [0, 0.1) is 0 Å². The second kappa shape index (κ2) is 7.57. The second-order valence-electron chi connectivity index (χ2n) is 8.19. The molecular weight excluding hydrogens is 358 g/mol. The molecule has 1 unspecified atom stereocenters. The first kappa shape index (κ1) is 18.3. The molecule has 1 atom stereocenters. The van der Waals surface area contributed by atoms with Crippen LogP contribution >= 0.6 is 0 Å². The van der Waals surface area contributed by atoms with Crippen molar-refractivity contribution in [3.8, 4) is 22.6 Å². The fraction of sp³-hybridized carbons (Fsp3) is 0.308. The van der Waals surface area contributed by atoms with E-state index in [1.54, 1.807) is 7.11 Å². The first-order chi connectivity index (χ1) is 14.3. The Balaban J connectivity index is 1.58. The molecule has 0 radical (unpaired) electrons. The van der Waals surface area contributed by atoms with Gasteiger partial charge < -0.3 is 14.8 Å². The Labute approximate surface area is 172 Å². The lowest BCUT2D eigenvalue weighted by Crippen LogP contribution is -2.49. The highest BCUT2D eigenvalue weighted by Crippen LogP contribution is 2.48. The predicted molar refractivity (Wildman–Crippen MR) is 117 cm³/mol. The van der Waals surface area contributed by atoms with Gasteiger partial charge in [-0.3, -0.25) is 0 Å².